The van der Waals surface area contributed by atoms with Gasteiger partial charge in [-0.05, 0) is 35.4 Å². The number of nitrogens with zero attached hydrogens (tertiary/aromatic N) is 2. The Hall–Kier alpha value is -2.75. The molecule has 4 nitrogen and oxygen atoms in total. The smallest absolute Gasteiger partial charge is 0.248 e. The van der Waals surface area contributed by atoms with Crippen molar-refractivity contribution in [1.82, 2.24) is 4.98 Å². The topological polar surface area (TPSA) is 68.3 Å². The van der Waals surface area contributed by atoms with Crippen molar-refractivity contribution in [2.24, 2.45) is 10.7 Å². The van der Waals surface area contributed by atoms with Gasteiger partial charge in [0, 0.05) is 35.5 Å². The van der Waals surface area contributed by atoms with Crippen molar-refractivity contribution in [3.05, 3.63) is 58.9 Å². The predicted octanol–water partition coefficient (Wildman–Crippen LogP) is 2.36. The van der Waals surface area contributed by atoms with Crippen LogP contribution in [-0.2, 0) is 6.42 Å². The maximum atomic E-state index is 11.2. The van der Waals surface area contributed by atoms with E-state index in [0.717, 1.165) is 34.5 Å². The lowest BCUT2D eigenvalue weighted by atomic mass is 9.89. The molecule has 0 saturated heterocycles. The molecule has 4 rings (SSSR count). The fraction of sp³-hybridized carbons (Fsp3) is 0.0625. The summed E-state index contributed by atoms with van der Waals surface area (Å²) >= 11 is 0. The first-order chi connectivity index (χ1) is 9.72. The van der Waals surface area contributed by atoms with Gasteiger partial charge >= 0.3 is 0 Å². The first-order valence-corrected chi connectivity index (χ1v) is 6.39. The van der Waals surface area contributed by atoms with Crippen LogP contribution in [0, 0.1) is 0 Å². The lowest BCUT2D eigenvalue weighted by molar-refractivity contribution is 0.100. The third kappa shape index (κ3) is 1.51. The number of hydrogen-bond donors (Lipinski definition) is 1. The van der Waals surface area contributed by atoms with Crippen LogP contribution in [0.1, 0.15) is 27.0 Å². The van der Waals surface area contributed by atoms with Crippen molar-refractivity contribution >= 4 is 29.0 Å². The maximum Gasteiger partial charge on any atom is 0.248 e. The van der Waals surface area contributed by atoms with E-state index < -0.39 is 5.91 Å². The zero-order chi connectivity index (χ0) is 13.7. The average molecular weight is 261 g/mol. The largest absolute Gasteiger partial charge is 0.366 e. The number of aliphatic imine (C=N–C) groups is 1. The van der Waals surface area contributed by atoms with Gasteiger partial charge in [0.25, 0.3) is 0 Å². The molecule has 0 spiro atoms. The minimum absolute atomic E-state index is 0.427. The van der Waals surface area contributed by atoms with Crippen LogP contribution in [0.3, 0.4) is 0 Å². The van der Waals surface area contributed by atoms with E-state index in [0.29, 0.717) is 5.56 Å². The van der Waals surface area contributed by atoms with Crippen molar-refractivity contribution in [3.63, 3.8) is 0 Å². The second-order valence-corrected chi connectivity index (χ2v) is 4.96. The van der Waals surface area contributed by atoms with Gasteiger partial charge in [-0.2, -0.15) is 0 Å². The van der Waals surface area contributed by atoms with E-state index >= 15 is 0 Å². The number of amides is 1. The molecule has 2 aliphatic rings. The summed E-state index contributed by atoms with van der Waals surface area (Å²) in [6, 6.07) is 7.44. The van der Waals surface area contributed by atoms with Gasteiger partial charge in [0.1, 0.15) is 0 Å². The summed E-state index contributed by atoms with van der Waals surface area (Å²) < 4.78 is 0. The molecule has 20 heavy (non-hydrogen) atoms. The zero-order valence-corrected chi connectivity index (χ0v) is 10.6. The summed E-state index contributed by atoms with van der Waals surface area (Å²) in [6.07, 6.45) is 6.57. The molecular formula is C16H11N3O. The summed E-state index contributed by atoms with van der Waals surface area (Å²) in [5, 5.41) is 0. The van der Waals surface area contributed by atoms with Crippen molar-refractivity contribution in [1.29, 1.82) is 0 Å². The molecule has 2 aromatic rings. The number of nitrogens with two attached hydrogens (primary N) is 1. The zero-order valence-electron chi connectivity index (χ0n) is 10.6. The van der Waals surface area contributed by atoms with E-state index in [2.05, 4.69) is 16.1 Å². The molecule has 2 heterocycles. The lowest BCUT2D eigenvalue weighted by Crippen LogP contribution is -2.10. The van der Waals surface area contributed by atoms with E-state index in [9.17, 15) is 4.79 Å². The number of pyridine rings is 1. The Morgan fingerprint density at radius 1 is 1.25 bits per heavy atom. The highest BCUT2D eigenvalue weighted by Crippen LogP contribution is 2.40. The van der Waals surface area contributed by atoms with Crippen molar-refractivity contribution in [2.75, 3.05) is 0 Å². The Bertz CT molecular complexity index is 818. The molecule has 1 amide bonds. The summed E-state index contributed by atoms with van der Waals surface area (Å²) in [7, 11) is 0. The van der Waals surface area contributed by atoms with Crippen molar-refractivity contribution in [3.8, 4) is 0 Å². The van der Waals surface area contributed by atoms with Gasteiger partial charge in [-0.3, -0.25) is 14.8 Å². The lowest BCUT2D eigenvalue weighted by Gasteiger charge is -2.14. The molecular weight excluding hydrogens is 250 g/mol. The second kappa shape index (κ2) is 3.87. The molecule has 0 unspecified atom stereocenters. The fourth-order valence-corrected chi connectivity index (χ4v) is 2.72. The number of hydrogen-bond acceptors (Lipinski definition) is 3. The van der Waals surface area contributed by atoms with Crippen LogP contribution in [0.15, 0.2) is 41.7 Å². The van der Waals surface area contributed by atoms with E-state index in [1.54, 1.807) is 18.3 Å². The van der Waals surface area contributed by atoms with Gasteiger partial charge in [0.05, 0.1) is 11.4 Å². The third-order valence-electron chi connectivity index (χ3n) is 3.74. The van der Waals surface area contributed by atoms with Gasteiger partial charge in [-0.25, -0.2) is 0 Å². The third-order valence-corrected chi connectivity index (χ3v) is 3.74. The molecule has 0 atom stereocenters. The molecule has 1 aliphatic heterocycles. The van der Waals surface area contributed by atoms with Crippen LogP contribution < -0.4 is 5.73 Å². The number of fused-ring (bicyclic) bond motifs is 4. The number of rotatable bonds is 1. The van der Waals surface area contributed by atoms with Crippen LogP contribution in [0.25, 0.3) is 11.6 Å². The fourth-order valence-electron chi connectivity index (χ4n) is 2.72. The Morgan fingerprint density at radius 3 is 3.00 bits per heavy atom. The minimum atomic E-state index is -0.427. The van der Waals surface area contributed by atoms with Crippen LogP contribution in [0.4, 0.5) is 5.69 Å². The van der Waals surface area contributed by atoms with Crippen LogP contribution in [-0.4, -0.2) is 16.6 Å². The van der Waals surface area contributed by atoms with Crippen LogP contribution in [0.5, 0.6) is 0 Å². The number of carbonyl (C=O) groups excluding carboxylic acids is 1. The van der Waals surface area contributed by atoms with Gasteiger partial charge in [-0.1, -0.05) is 6.07 Å². The standard InChI is InChI=1S/C16H11N3O/c17-16(20)10-1-2-12-13-5-11-8-18-4-3-9(11)6-15(13)19-14(12)7-10/h1-5,7-8H,6H2,(H2,17,20). The number of allylic oxidation sites excluding steroid dienone is 1. The van der Waals surface area contributed by atoms with E-state index in [-0.39, 0.29) is 0 Å². The molecule has 0 radical (unpaired) electrons. The quantitative estimate of drug-likeness (QED) is 0.856. The van der Waals surface area contributed by atoms with E-state index in [4.69, 9.17) is 5.73 Å². The molecule has 96 valence electrons. The van der Waals surface area contributed by atoms with Crippen LogP contribution in [0.2, 0.25) is 0 Å². The number of aromatic nitrogens is 1. The Labute approximate surface area is 115 Å². The van der Waals surface area contributed by atoms with Crippen LogP contribution >= 0.6 is 0 Å². The van der Waals surface area contributed by atoms with Gasteiger partial charge in [0.15, 0.2) is 0 Å². The van der Waals surface area contributed by atoms with Crippen molar-refractivity contribution < 1.29 is 4.79 Å². The van der Waals surface area contributed by atoms with Gasteiger partial charge < -0.3 is 5.73 Å². The highest BCUT2D eigenvalue weighted by atomic mass is 16.1. The molecule has 1 aromatic heterocycles. The predicted molar refractivity (Wildman–Crippen MR) is 77.9 cm³/mol. The molecule has 0 bridgehead atoms. The molecule has 2 N–H and O–H groups in total. The summed E-state index contributed by atoms with van der Waals surface area (Å²) in [4.78, 5) is 20.0. The van der Waals surface area contributed by atoms with Gasteiger partial charge in [0.2, 0.25) is 5.91 Å². The normalized spacial score (nSPS) is 14.8. The number of carbonyl (C=O) groups is 1. The first kappa shape index (κ1) is 11.1. The number of primary amides is 1. The summed E-state index contributed by atoms with van der Waals surface area (Å²) in [5.74, 6) is -0.427. The minimum Gasteiger partial charge on any atom is -0.366 e. The molecule has 4 heteroatoms. The Kier molecular flexibility index (Phi) is 2.15. The van der Waals surface area contributed by atoms with E-state index in [1.807, 2.05) is 18.3 Å². The highest BCUT2D eigenvalue weighted by Gasteiger charge is 2.25. The first-order valence-electron chi connectivity index (χ1n) is 6.39. The Balaban J connectivity index is 1.89. The van der Waals surface area contributed by atoms with Gasteiger partial charge in [-0.15, -0.1) is 0 Å². The summed E-state index contributed by atoms with van der Waals surface area (Å²) in [6.45, 7) is 0. The second-order valence-electron chi connectivity index (χ2n) is 4.96. The monoisotopic (exact) mass is 261 g/mol. The summed E-state index contributed by atoms with van der Waals surface area (Å²) in [5.41, 5.74) is 12.2. The highest BCUT2D eigenvalue weighted by molar-refractivity contribution is 6.34. The molecule has 1 aliphatic carbocycles. The van der Waals surface area contributed by atoms with E-state index in [1.165, 1.54) is 5.56 Å². The average Bonchev–Trinajstić information content (AvgIpc) is 2.81. The molecule has 0 saturated carbocycles. The number of benzene rings is 1. The molecule has 0 fully saturated rings. The van der Waals surface area contributed by atoms with Crippen molar-refractivity contribution in [2.45, 2.75) is 6.42 Å². The SMILES string of the molecule is NC(=O)c1ccc2c(c1)N=C1Cc3ccncc3C=C12. The Morgan fingerprint density at radius 2 is 2.15 bits per heavy atom. The maximum absolute atomic E-state index is 11.2. The molecule has 1 aromatic carbocycles.